The molecule has 2 rings (SSSR count). The van der Waals surface area contributed by atoms with E-state index >= 15 is 0 Å². The van der Waals surface area contributed by atoms with Crippen molar-refractivity contribution in [3.8, 4) is 5.75 Å². The van der Waals surface area contributed by atoms with Gasteiger partial charge in [0.15, 0.2) is 0 Å². The summed E-state index contributed by atoms with van der Waals surface area (Å²) in [5.41, 5.74) is 0.813. The van der Waals surface area contributed by atoms with E-state index in [0.717, 1.165) is 31.1 Å². The molecule has 1 aromatic rings. The third-order valence-corrected chi connectivity index (χ3v) is 5.14. The summed E-state index contributed by atoms with van der Waals surface area (Å²) in [6, 6.07) is 7.51. The molecule has 0 N–H and O–H groups in total. The Labute approximate surface area is 141 Å². The number of thiocarbonyl (C=S) groups is 1. The van der Waals surface area contributed by atoms with Crippen LogP contribution in [-0.2, 0) is 4.79 Å². The second-order valence-corrected chi connectivity index (χ2v) is 6.80. The molecule has 0 saturated carbocycles. The largest absolute Gasteiger partial charge is 0.494 e. The zero-order chi connectivity index (χ0) is 16.1. The van der Waals surface area contributed by atoms with Gasteiger partial charge in [0, 0.05) is 6.54 Å². The van der Waals surface area contributed by atoms with Crippen LogP contribution in [-0.4, -0.2) is 46.6 Å². The lowest BCUT2D eigenvalue weighted by atomic mass is 10.2. The third-order valence-electron chi connectivity index (χ3n) is 3.65. The van der Waals surface area contributed by atoms with Gasteiger partial charge in [-0.1, -0.05) is 37.8 Å². The fourth-order valence-electron chi connectivity index (χ4n) is 2.38. The molecule has 1 heterocycles. The number of hydrogen-bond donors (Lipinski definition) is 0. The monoisotopic (exact) mass is 338 g/mol. The Morgan fingerprint density at radius 3 is 2.41 bits per heavy atom. The van der Waals surface area contributed by atoms with E-state index in [2.05, 4.69) is 18.7 Å². The molecule has 1 unspecified atom stereocenters. The Morgan fingerprint density at radius 2 is 1.86 bits per heavy atom. The van der Waals surface area contributed by atoms with Gasteiger partial charge in [-0.3, -0.25) is 9.69 Å². The maximum Gasteiger partial charge on any atom is 0.247 e. The summed E-state index contributed by atoms with van der Waals surface area (Å²) in [4.78, 5) is 16.5. The summed E-state index contributed by atoms with van der Waals surface area (Å²) in [5.74, 6) is 0.877. The Hall–Kier alpha value is -1.11. The quantitative estimate of drug-likeness (QED) is 0.713. The van der Waals surface area contributed by atoms with Crippen molar-refractivity contribution >= 4 is 39.9 Å². The van der Waals surface area contributed by atoms with Crippen LogP contribution in [0.25, 0.3) is 0 Å². The van der Waals surface area contributed by atoms with Crippen LogP contribution in [0.5, 0.6) is 5.75 Å². The first kappa shape index (κ1) is 17.2. The second kappa shape index (κ2) is 7.94. The summed E-state index contributed by atoms with van der Waals surface area (Å²) in [5, 5.41) is -0.112. The molecule has 1 aliphatic heterocycles. The Morgan fingerprint density at radius 1 is 1.23 bits per heavy atom. The van der Waals surface area contributed by atoms with E-state index in [4.69, 9.17) is 17.0 Å². The zero-order valence-electron chi connectivity index (χ0n) is 13.2. The summed E-state index contributed by atoms with van der Waals surface area (Å²) in [6.07, 6.45) is 0. The molecule has 1 fully saturated rings. The van der Waals surface area contributed by atoms with E-state index in [-0.39, 0.29) is 11.2 Å². The Kier molecular flexibility index (Phi) is 6.23. The molecule has 1 aliphatic rings. The van der Waals surface area contributed by atoms with Gasteiger partial charge in [-0.2, -0.15) is 0 Å². The van der Waals surface area contributed by atoms with Gasteiger partial charge in [-0.05, 0) is 44.3 Å². The van der Waals surface area contributed by atoms with Crippen molar-refractivity contribution in [1.29, 1.82) is 0 Å². The molecule has 22 heavy (non-hydrogen) atoms. The SMILES string of the molecule is CCOc1ccc(N2C(=O)C(CN(CC)CC)SC2=S)cc1. The summed E-state index contributed by atoms with van der Waals surface area (Å²) >= 11 is 6.89. The normalized spacial score (nSPS) is 18.4. The Bertz CT molecular complexity index is 529. The highest BCUT2D eigenvalue weighted by molar-refractivity contribution is 8.25. The average molecular weight is 338 g/mol. The maximum atomic E-state index is 12.7. The minimum Gasteiger partial charge on any atom is -0.494 e. The molecule has 1 amide bonds. The smallest absolute Gasteiger partial charge is 0.247 e. The summed E-state index contributed by atoms with van der Waals surface area (Å²) in [6.45, 7) is 9.41. The highest BCUT2D eigenvalue weighted by Crippen LogP contribution is 2.33. The minimum absolute atomic E-state index is 0.0751. The molecule has 1 aromatic carbocycles. The van der Waals surface area contributed by atoms with Gasteiger partial charge < -0.3 is 9.64 Å². The van der Waals surface area contributed by atoms with Crippen LogP contribution < -0.4 is 9.64 Å². The van der Waals surface area contributed by atoms with Gasteiger partial charge in [0.05, 0.1) is 12.3 Å². The van der Waals surface area contributed by atoms with Crippen LogP contribution in [0, 0.1) is 0 Å². The third kappa shape index (κ3) is 3.80. The molecule has 1 saturated heterocycles. The van der Waals surface area contributed by atoms with Crippen LogP contribution in [0.4, 0.5) is 5.69 Å². The summed E-state index contributed by atoms with van der Waals surface area (Å²) < 4.78 is 6.06. The number of ether oxygens (including phenoxy) is 1. The van der Waals surface area contributed by atoms with Crippen molar-refractivity contribution in [2.75, 3.05) is 31.1 Å². The van der Waals surface area contributed by atoms with Gasteiger partial charge in [-0.25, -0.2) is 0 Å². The average Bonchev–Trinajstić information content (AvgIpc) is 2.80. The number of carbonyl (C=O) groups is 1. The lowest BCUT2D eigenvalue weighted by Crippen LogP contribution is -2.38. The van der Waals surface area contributed by atoms with E-state index in [1.165, 1.54) is 11.8 Å². The first-order valence-corrected chi connectivity index (χ1v) is 8.89. The predicted molar refractivity (Wildman–Crippen MR) is 96.9 cm³/mol. The van der Waals surface area contributed by atoms with Crippen molar-refractivity contribution in [3.63, 3.8) is 0 Å². The number of amides is 1. The van der Waals surface area contributed by atoms with Crippen LogP contribution in [0.3, 0.4) is 0 Å². The van der Waals surface area contributed by atoms with Crippen molar-refractivity contribution in [2.24, 2.45) is 0 Å². The number of carbonyl (C=O) groups excluding carboxylic acids is 1. The van der Waals surface area contributed by atoms with Crippen molar-refractivity contribution < 1.29 is 9.53 Å². The number of thioether (sulfide) groups is 1. The number of anilines is 1. The van der Waals surface area contributed by atoms with E-state index in [9.17, 15) is 4.79 Å². The highest BCUT2D eigenvalue weighted by Gasteiger charge is 2.38. The van der Waals surface area contributed by atoms with Crippen LogP contribution in [0.2, 0.25) is 0 Å². The van der Waals surface area contributed by atoms with Crippen molar-refractivity contribution in [3.05, 3.63) is 24.3 Å². The van der Waals surface area contributed by atoms with E-state index in [1.807, 2.05) is 31.2 Å². The molecule has 0 bridgehead atoms. The van der Waals surface area contributed by atoms with Gasteiger partial charge in [0.25, 0.3) is 0 Å². The number of nitrogens with zero attached hydrogens (tertiary/aromatic N) is 2. The fourth-order valence-corrected chi connectivity index (χ4v) is 3.96. The minimum atomic E-state index is -0.112. The lowest BCUT2D eigenvalue weighted by molar-refractivity contribution is -0.117. The van der Waals surface area contributed by atoms with Crippen molar-refractivity contribution in [2.45, 2.75) is 26.0 Å². The molecule has 1 atom stereocenters. The number of benzene rings is 1. The maximum absolute atomic E-state index is 12.7. The molecular formula is C16H22N2O2S2. The molecule has 0 radical (unpaired) electrons. The number of rotatable bonds is 7. The molecule has 0 spiro atoms. The lowest BCUT2D eigenvalue weighted by Gasteiger charge is -2.21. The first-order chi connectivity index (χ1) is 10.6. The number of hydrogen-bond acceptors (Lipinski definition) is 5. The van der Waals surface area contributed by atoms with E-state index in [0.29, 0.717) is 10.9 Å². The van der Waals surface area contributed by atoms with Crippen LogP contribution >= 0.6 is 24.0 Å². The first-order valence-electron chi connectivity index (χ1n) is 7.60. The molecule has 120 valence electrons. The van der Waals surface area contributed by atoms with Crippen LogP contribution in [0.1, 0.15) is 20.8 Å². The predicted octanol–water partition coefficient (Wildman–Crippen LogP) is 3.16. The zero-order valence-corrected chi connectivity index (χ0v) is 14.9. The van der Waals surface area contributed by atoms with Gasteiger partial charge >= 0.3 is 0 Å². The molecule has 4 nitrogen and oxygen atoms in total. The van der Waals surface area contributed by atoms with Gasteiger partial charge in [-0.15, -0.1) is 0 Å². The van der Waals surface area contributed by atoms with E-state index in [1.54, 1.807) is 4.90 Å². The molecule has 6 heteroatoms. The van der Waals surface area contributed by atoms with Gasteiger partial charge in [0.2, 0.25) is 5.91 Å². The van der Waals surface area contributed by atoms with Crippen LogP contribution in [0.15, 0.2) is 24.3 Å². The topological polar surface area (TPSA) is 32.8 Å². The Balaban J connectivity index is 2.11. The molecular weight excluding hydrogens is 316 g/mol. The molecule has 0 aliphatic carbocycles. The standard InChI is InChI=1S/C16H22N2O2S2/c1-4-17(5-2)11-14-15(19)18(16(21)22-14)12-7-9-13(10-8-12)20-6-3/h7-10,14H,4-6,11H2,1-3H3. The second-order valence-electron chi connectivity index (χ2n) is 4.96. The molecule has 0 aromatic heterocycles. The summed E-state index contributed by atoms with van der Waals surface area (Å²) in [7, 11) is 0. The van der Waals surface area contributed by atoms with Crippen molar-refractivity contribution in [1.82, 2.24) is 4.90 Å². The van der Waals surface area contributed by atoms with E-state index < -0.39 is 0 Å². The highest BCUT2D eigenvalue weighted by atomic mass is 32.2. The van der Waals surface area contributed by atoms with Gasteiger partial charge in [0.1, 0.15) is 15.3 Å². The fraction of sp³-hybridized carbons (Fsp3) is 0.500.